The summed E-state index contributed by atoms with van der Waals surface area (Å²) in [6.45, 7) is 0.834. The van der Waals surface area contributed by atoms with Crippen molar-refractivity contribution < 1.29 is 9.90 Å². The van der Waals surface area contributed by atoms with Crippen LogP contribution < -0.4 is 5.32 Å². The lowest BCUT2D eigenvalue weighted by Gasteiger charge is -2.16. The summed E-state index contributed by atoms with van der Waals surface area (Å²) < 4.78 is 1.81. The van der Waals surface area contributed by atoms with Gasteiger partial charge in [-0.05, 0) is 24.1 Å². The number of aliphatic hydroxyl groups is 1. The van der Waals surface area contributed by atoms with Crippen LogP contribution in [-0.2, 0) is 6.42 Å². The van der Waals surface area contributed by atoms with Crippen LogP contribution in [0.15, 0.2) is 42.7 Å². The molecule has 6 heteroatoms. The van der Waals surface area contributed by atoms with Crippen LogP contribution in [0.4, 0.5) is 4.79 Å². The van der Waals surface area contributed by atoms with Gasteiger partial charge in [0.05, 0.1) is 18.5 Å². The van der Waals surface area contributed by atoms with Crippen molar-refractivity contribution in [3.63, 3.8) is 0 Å². The number of para-hydroxylation sites is 1. The van der Waals surface area contributed by atoms with Crippen molar-refractivity contribution in [1.29, 1.82) is 0 Å². The van der Waals surface area contributed by atoms with Crippen molar-refractivity contribution in [2.75, 3.05) is 26.7 Å². The summed E-state index contributed by atoms with van der Waals surface area (Å²) in [7, 11) is 1.65. The molecule has 0 radical (unpaired) electrons. The molecule has 2 N–H and O–H groups in total. The van der Waals surface area contributed by atoms with Crippen LogP contribution in [0.1, 0.15) is 5.56 Å². The number of nitrogens with one attached hydrogen (secondary N) is 1. The van der Waals surface area contributed by atoms with Crippen LogP contribution >= 0.6 is 0 Å². The Labute approximate surface area is 124 Å². The molecule has 2 aromatic rings. The number of rotatable bonds is 6. The van der Waals surface area contributed by atoms with Gasteiger partial charge in [0.25, 0.3) is 0 Å². The molecular formula is C15H20N4O2. The van der Waals surface area contributed by atoms with Crippen LogP contribution in [0.2, 0.25) is 0 Å². The Morgan fingerprint density at radius 2 is 2.14 bits per heavy atom. The van der Waals surface area contributed by atoms with E-state index >= 15 is 0 Å². The number of likely N-dealkylation sites (N-methyl/N-ethyl adjacent to an activating group) is 1. The molecule has 2 rings (SSSR count). The van der Waals surface area contributed by atoms with Crippen molar-refractivity contribution in [3.05, 3.63) is 48.3 Å². The average molecular weight is 288 g/mol. The Balaban J connectivity index is 1.82. The van der Waals surface area contributed by atoms with E-state index in [0.717, 1.165) is 11.3 Å². The fraction of sp³-hybridized carbons (Fsp3) is 0.333. The smallest absolute Gasteiger partial charge is 0.317 e. The van der Waals surface area contributed by atoms with E-state index in [1.807, 2.05) is 41.2 Å². The second-order valence-corrected chi connectivity index (χ2v) is 4.76. The molecular weight excluding hydrogens is 268 g/mol. The average Bonchev–Trinajstić information content (AvgIpc) is 2.97. The van der Waals surface area contributed by atoms with E-state index in [4.69, 9.17) is 5.11 Å². The molecule has 0 saturated heterocycles. The fourth-order valence-electron chi connectivity index (χ4n) is 1.91. The molecule has 1 aromatic carbocycles. The minimum atomic E-state index is -0.181. The standard InChI is InChI=1S/C15H20N4O2/c1-18(9-10-20)15(21)16-8-7-13-11-17-19(12-13)14-5-3-2-4-6-14/h2-6,11-12,20H,7-10H2,1H3,(H,16,21). The number of amides is 2. The highest BCUT2D eigenvalue weighted by atomic mass is 16.3. The number of hydrogen-bond acceptors (Lipinski definition) is 3. The van der Waals surface area contributed by atoms with Gasteiger partial charge < -0.3 is 15.3 Å². The third-order valence-corrected chi connectivity index (χ3v) is 3.13. The van der Waals surface area contributed by atoms with E-state index in [9.17, 15) is 4.79 Å². The first-order chi connectivity index (χ1) is 10.2. The first-order valence-electron chi connectivity index (χ1n) is 6.89. The van der Waals surface area contributed by atoms with Gasteiger partial charge >= 0.3 is 6.03 Å². The number of hydrogen-bond donors (Lipinski definition) is 2. The Bertz CT molecular complexity index is 568. The van der Waals surface area contributed by atoms with Crippen molar-refractivity contribution in [2.45, 2.75) is 6.42 Å². The van der Waals surface area contributed by atoms with Crippen molar-refractivity contribution in [1.82, 2.24) is 20.0 Å². The molecule has 1 heterocycles. The molecule has 1 aromatic heterocycles. The molecule has 0 fully saturated rings. The van der Waals surface area contributed by atoms with E-state index in [0.29, 0.717) is 19.5 Å². The van der Waals surface area contributed by atoms with Gasteiger partial charge in [-0.15, -0.1) is 0 Å². The van der Waals surface area contributed by atoms with E-state index in [-0.39, 0.29) is 12.6 Å². The van der Waals surface area contributed by atoms with Crippen molar-refractivity contribution in [2.24, 2.45) is 0 Å². The van der Waals surface area contributed by atoms with Gasteiger partial charge in [0, 0.05) is 26.3 Å². The van der Waals surface area contributed by atoms with Crippen LogP contribution in [0.3, 0.4) is 0 Å². The minimum absolute atomic E-state index is 0.0340. The maximum Gasteiger partial charge on any atom is 0.317 e. The fourth-order valence-corrected chi connectivity index (χ4v) is 1.91. The highest BCUT2D eigenvalue weighted by Gasteiger charge is 2.07. The Morgan fingerprint density at radius 3 is 2.86 bits per heavy atom. The highest BCUT2D eigenvalue weighted by Crippen LogP contribution is 2.07. The molecule has 0 atom stereocenters. The van der Waals surface area contributed by atoms with Crippen LogP contribution in [0, 0.1) is 0 Å². The molecule has 0 spiro atoms. The third kappa shape index (κ3) is 4.32. The van der Waals surface area contributed by atoms with Crippen LogP contribution in [-0.4, -0.2) is 52.6 Å². The normalized spacial score (nSPS) is 10.4. The number of benzene rings is 1. The molecule has 0 aliphatic rings. The first-order valence-corrected chi connectivity index (χ1v) is 6.89. The lowest BCUT2D eigenvalue weighted by atomic mass is 10.2. The number of aliphatic hydroxyl groups excluding tert-OH is 1. The summed E-state index contributed by atoms with van der Waals surface area (Å²) in [5.74, 6) is 0. The van der Waals surface area contributed by atoms with Gasteiger partial charge in [0.1, 0.15) is 0 Å². The first kappa shape index (κ1) is 15.1. The van der Waals surface area contributed by atoms with Gasteiger partial charge in [-0.3, -0.25) is 0 Å². The highest BCUT2D eigenvalue weighted by molar-refractivity contribution is 5.73. The zero-order valence-corrected chi connectivity index (χ0v) is 12.1. The van der Waals surface area contributed by atoms with E-state index in [1.165, 1.54) is 4.90 Å². The van der Waals surface area contributed by atoms with Gasteiger partial charge in [-0.25, -0.2) is 9.48 Å². The largest absolute Gasteiger partial charge is 0.395 e. The molecule has 0 aliphatic carbocycles. The van der Waals surface area contributed by atoms with Crippen LogP contribution in [0.25, 0.3) is 5.69 Å². The molecule has 21 heavy (non-hydrogen) atoms. The summed E-state index contributed by atoms with van der Waals surface area (Å²) in [4.78, 5) is 13.1. The maximum atomic E-state index is 11.6. The summed E-state index contributed by atoms with van der Waals surface area (Å²) in [6.07, 6.45) is 4.47. The monoisotopic (exact) mass is 288 g/mol. The SMILES string of the molecule is CN(CCO)C(=O)NCCc1cnn(-c2ccccc2)c1. The number of carbonyl (C=O) groups is 1. The summed E-state index contributed by atoms with van der Waals surface area (Å²) in [5, 5.41) is 15.9. The van der Waals surface area contributed by atoms with E-state index in [1.54, 1.807) is 13.2 Å². The maximum absolute atomic E-state index is 11.6. The third-order valence-electron chi connectivity index (χ3n) is 3.13. The van der Waals surface area contributed by atoms with Crippen molar-refractivity contribution in [3.8, 4) is 5.69 Å². The van der Waals surface area contributed by atoms with E-state index in [2.05, 4.69) is 10.4 Å². The predicted molar refractivity (Wildman–Crippen MR) is 80.4 cm³/mol. The number of urea groups is 1. The lowest BCUT2D eigenvalue weighted by Crippen LogP contribution is -2.39. The number of aromatic nitrogens is 2. The van der Waals surface area contributed by atoms with Gasteiger partial charge in [-0.2, -0.15) is 5.10 Å². The molecule has 0 bridgehead atoms. The Hall–Kier alpha value is -2.34. The summed E-state index contributed by atoms with van der Waals surface area (Å²) >= 11 is 0. The Morgan fingerprint density at radius 1 is 1.38 bits per heavy atom. The minimum Gasteiger partial charge on any atom is -0.395 e. The zero-order chi connectivity index (χ0) is 15.1. The van der Waals surface area contributed by atoms with Crippen LogP contribution in [0.5, 0.6) is 0 Å². The molecule has 6 nitrogen and oxygen atoms in total. The molecule has 2 amide bonds. The molecule has 0 aliphatic heterocycles. The molecule has 0 unspecified atom stereocenters. The summed E-state index contributed by atoms with van der Waals surface area (Å²) in [5.41, 5.74) is 2.07. The second-order valence-electron chi connectivity index (χ2n) is 4.76. The molecule has 0 saturated carbocycles. The van der Waals surface area contributed by atoms with Gasteiger partial charge in [0.15, 0.2) is 0 Å². The zero-order valence-electron chi connectivity index (χ0n) is 12.1. The van der Waals surface area contributed by atoms with E-state index < -0.39 is 0 Å². The summed E-state index contributed by atoms with van der Waals surface area (Å²) in [6, 6.07) is 9.69. The number of carbonyl (C=O) groups excluding carboxylic acids is 1. The molecule has 112 valence electrons. The number of nitrogens with zero attached hydrogens (tertiary/aromatic N) is 3. The van der Waals surface area contributed by atoms with Crippen molar-refractivity contribution >= 4 is 6.03 Å². The topological polar surface area (TPSA) is 70.4 Å². The second kappa shape index (κ2) is 7.44. The van der Waals surface area contributed by atoms with Gasteiger partial charge in [-0.1, -0.05) is 18.2 Å². The quantitative estimate of drug-likeness (QED) is 0.834. The predicted octanol–water partition coefficient (Wildman–Crippen LogP) is 1.05. The lowest BCUT2D eigenvalue weighted by molar-refractivity contribution is 0.190. The van der Waals surface area contributed by atoms with Gasteiger partial charge in [0.2, 0.25) is 0 Å². The Kier molecular flexibility index (Phi) is 5.34.